The van der Waals surface area contributed by atoms with E-state index in [9.17, 15) is 4.79 Å². The standard InChI is InChI=1S/C27H33N3O3/c1-4-32-24-12-10-23(11-13-24)27-29-25(20(3)33-27)18-30-16-14-22(15-17-30)26(31)28-19(2)21-8-6-5-7-9-21/h5-13,19,22H,4,14-18H2,1-3H3,(H,28,31). The second-order valence-corrected chi connectivity index (χ2v) is 8.67. The highest BCUT2D eigenvalue weighted by molar-refractivity contribution is 5.79. The molecule has 0 bridgehead atoms. The Labute approximate surface area is 196 Å². The van der Waals surface area contributed by atoms with Gasteiger partial charge in [0.25, 0.3) is 0 Å². The van der Waals surface area contributed by atoms with E-state index in [1.807, 2.05) is 63.2 Å². The third kappa shape index (κ3) is 5.82. The third-order valence-electron chi connectivity index (χ3n) is 6.30. The van der Waals surface area contributed by atoms with Crippen LogP contribution in [0.25, 0.3) is 11.5 Å². The van der Waals surface area contributed by atoms with Crippen LogP contribution in [0.1, 0.15) is 49.7 Å². The Hall–Kier alpha value is -3.12. The topological polar surface area (TPSA) is 67.6 Å². The summed E-state index contributed by atoms with van der Waals surface area (Å²) in [6.45, 7) is 9.11. The van der Waals surface area contributed by atoms with Gasteiger partial charge in [-0.05, 0) is 76.5 Å². The Morgan fingerprint density at radius 2 is 1.85 bits per heavy atom. The molecule has 0 radical (unpaired) electrons. The summed E-state index contributed by atoms with van der Waals surface area (Å²) in [4.78, 5) is 19.9. The molecule has 2 heterocycles. The number of carbonyl (C=O) groups is 1. The lowest BCUT2D eigenvalue weighted by Crippen LogP contribution is -2.41. The van der Waals surface area contributed by atoms with Crippen LogP contribution in [0.3, 0.4) is 0 Å². The zero-order chi connectivity index (χ0) is 23.2. The van der Waals surface area contributed by atoms with Gasteiger partial charge in [-0.1, -0.05) is 30.3 Å². The minimum absolute atomic E-state index is 0.0236. The summed E-state index contributed by atoms with van der Waals surface area (Å²) in [6.07, 6.45) is 1.71. The molecule has 0 spiro atoms. The van der Waals surface area contributed by atoms with Gasteiger partial charge < -0.3 is 14.5 Å². The molecule has 174 valence electrons. The Morgan fingerprint density at radius 3 is 2.52 bits per heavy atom. The maximum atomic E-state index is 12.8. The third-order valence-corrected chi connectivity index (χ3v) is 6.30. The van der Waals surface area contributed by atoms with Gasteiger partial charge in [0, 0.05) is 18.0 Å². The molecule has 1 N–H and O–H groups in total. The van der Waals surface area contributed by atoms with E-state index in [1.165, 1.54) is 0 Å². The second-order valence-electron chi connectivity index (χ2n) is 8.67. The van der Waals surface area contributed by atoms with Crippen molar-refractivity contribution in [2.45, 2.75) is 46.2 Å². The van der Waals surface area contributed by atoms with E-state index in [0.29, 0.717) is 12.5 Å². The van der Waals surface area contributed by atoms with Gasteiger partial charge in [0.05, 0.1) is 18.3 Å². The summed E-state index contributed by atoms with van der Waals surface area (Å²) in [5.41, 5.74) is 3.03. The fraction of sp³-hybridized carbons (Fsp3) is 0.407. The van der Waals surface area contributed by atoms with Crippen LogP contribution in [-0.2, 0) is 11.3 Å². The van der Waals surface area contributed by atoms with E-state index in [4.69, 9.17) is 14.1 Å². The lowest BCUT2D eigenvalue weighted by Gasteiger charge is -2.31. The maximum Gasteiger partial charge on any atom is 0.226 e. The van der Waals surface area contributed by atoms with Gasteiger partial charge in [-0.25, -0.2) is 4.98 Å². The Morgan fingerprint density at radius 1 is 1.15 bits per heavy atom. The monoisotopic (exact) mass is 447 g/mol. The first-order valence-corrected chi connectivity index (χ1v) is 11.8. The number of hydrogen-bond acceptors (Lipinski definition) is 5. The van der Waals surface area contributed by atoms with Crippen LogP contribution < -0.4 is 10.1 Å². The van der Waals surface area contributed by atoms with E-state index >= 15 is 0 Å². The summed E-state index contributed by atoms with van der Waals surface area (Å²) in [7, 11) is 0. The molecular weight excluding hydrogens is 414 g/mol. The first-order chi connectivity index (χ1) is 16.0. The zero-order valence-corrected chi connectivity index (χ0v) is 19.7. The van der Waals surface area contributed by atoms with E-state index in [0.717, 1.165) is 60.8 Å². The van der Waals surface area contributed by atoms with Crippen LogP contribution >= 0.6 is 0 Å². The highest BCUT2D eigenvalue weighted by Crippen LogP contribution is 2.26. The molecule has 1 aromatic heterocycles. The molecule has 1 aliphatic rings. The van der Waals surface area contributed by atoms with Crippen LogP contribution in [0.2, 0.25) is 0 Å². The number of piperidine rings is 1. The number of ether oxygens (including phenoxy) is 1. The smallest absolute Gasteiger partial charge is 0.226 e. The fourth-order valence-corrected chi connectivity index (χ4v) is 4.28. The number of nitrogens with one attached hydrogen (secondary N) is 1. The van der Waals surface area contributed by atoms with Crippen molar-refractivity contribution in [2.24, 2.45) is 5.92 Å². The summed E-state index contributed by atoms with van der Waals surface area (Å²) >= 11 is 0. The van der Waals surface area contributed by atoms with Crippen LogP contribution in [0.15, 0.2) is 59.0 Å². The van der Waals surface area contributed by atoms with Gasteiger partial charge >= 0.3 is 0 Å². The van der Waals surface area contributed by atoms with E-state index in [2.05, 4.69) is 22.3 Å². The lowest BCUT2D eigenvalue weighted by atomic mass is 9.95. The quantitative estimate of drug-likeness (QED) is 0.518. The molecule has 3 aromatic rings. The molecule has 1 aliphatic heterocycles. The van der Waals surface area contributed by atoms with Crippen molar-refractivity contribution in [1.29, 1.82) is 0 Å². The van der Waals surface area contributed by atoms with E-state index < -0.39 is 0 Å². The number of benzene rings is 2. The molecule has 1 unspecified atom stereocenters. The van der Waals surface area contributed by atoms with Crippen LogP contribution in [0.4, 0.5) is 0 Å². The molecule has 1 atom stereocenters. The van der Waals surface area contributed by atoms with Crippen molar-refractivity contribution in [2.75, 3.05) is 19.7 Å². The van der Waals surface area contributed by atoms with Crippen molar-refractivity contribution < 1.29 is 13.9 Å². The van der Waals surface area contributed by atoms with Crippen LogP contribution in [0.5, 0.6) is 5.75 Å². The first kappa shape index (κ1) is 23.1. The van der Waals surface area contributed by atoms with Crippen molar-refractivity contribution in [1.82, 2.24) is 15.2 Å². The number of likely N-dealkylation sites (tertiary alicyclic amines) is 1. The van der Waals surface area contributed by atoms with Gasteiger partial charge in [0.2, 0.25) is 11.8 Å². The SMILES string of the molecule is CCOc1ccc(-c2nc(CN3CCC(C(=O)NC(C)c4ccccc4)CC3)c(C)o2)cc1. The summed E-state index contributed by atoms with van der Waals surface area (Å²) < 4.78 is 11.5. The van der Waals surface area contributed by atoms with Crippen LogP contribution in [-0.4, -0.2) is 35.5 Å². The Kier molecular flexibility index (Phi) is 7.45. The fourth-order valence-electron chi connectivity index (χ4n) is 4.28. The van der Waals surface area contributed by atoms with Gasteiger partial charge in [-0.3, -0.25) is 9.69 Å². The molecule has 6 heteroatoms. The molecule has 1 saturated heterocycles. The van der Waals surface area contributed by atoms with E-state index in [-0.39, 0.29) is 17.9 Å². The number of rotatable bonds is 8. The molecule has 1 fully saturated rings. The lowest BCUT2D eigenvalue weighted by molar-refractivity contribution is -0.127. The van der Waals surface area contributed by atoms with Gasteiger partial charge in [-0.15, -0.1) is 0 Å². The number of hydrogen-bond donors (Lipinski definition) is 1. The predicted molar refractivity (Wildman–Crippen MR) is 129 cm³/mol. The zero-order valence-electron chi connectivity index (χ0n) is 19.7. The molecular formula is C27H33N3O3. The average Bonchev–Trinajstić information content (AvgIpc) is 3.20. The average molecular weight is 448 g/mol. The van der Waals surface area contributed by atoms with Crippen molar-refractivity contribution in [3.05, 3.63) is 71.6 Å². The summed E-state index contributed by atoms with van der Waals surface area (Å²) in [5.74, 6) is 2.53. The molecule has 0 saturated carbocycles. The highest BCUT2D eigenvalue weighted by Gasteiger charge is 2.27. The molecule has 4 rings (SSSR count). The molecule has 1 amide bonds. The van der Waals surface area contributed by atoms with E-state index in [1.54, 1.807) is 0 Å². The van der Waals surface area contributed by atoms with Gasteiger partial charge in [-0.2, -0.15) is 0 Å². The normalized spacial score (nSPS) is 15.8. The number of amides is 1. The maximum absolute atomic E-state index is 12.8. The molecule has 33 heavy (non-hydrogen) atoms. The minimum atomic E-state index is 0.0236. The second kappa shape index (κ2) is 10.7. The predicted octanol–water partition coefficient (Wildman–Crippen LogP) is 5.14. The largest absolute Gasteiger partial charge is 0.494 e. The van der Waals surface area contributed by atoms with Crippen LogP contribution in [0, 0.1) is 12.8 Å². The molecule has 2 aromatic carbocycles. The van der Waals surface area contributed by atoms with Gasteiger partial charge in [0.1, 0.15) is 11.5 Å². The summed E-state index contributed by atoms with van der Waals surface area (Å²) in [5, 5.41) is 3.18. The molecule has 6 nitrogen and oxygen atoms in total. The number of oxazole rings is 1. The number of aromatic nitrogens is 1. The number of aryl methyl sites for hydroxylation is 1. The minimum Gasteiger partial charge on any atom is -0.494 e. The van der Waals surface area contributed by atoms with Crippen molar-refractivity contribution in [3.8, 4) is 17.2 Å². The van der Waals surface area contributed by atoms with Crippen molar-refractivity contribution >= 4 is 5.91 Å². The first-order valence-electron chi connectivity index (χ1n) is 11.8. The Bertz CT molecular complexity index is 1040. The summed E-state index contributed by atoms with van der Waals surface area (Å²) in [6, 6.07) is 17.9. The van der Waals surface area contributed by atoms with Gasteiger partial charge in [0.15, 0.2) is 0 Å². The number of nitrogens with zero attached hydrogens (tertiary/aromatic N) is 2. The molecule has 0 aliphatic carbocycles. The Balaban J connectivity index is 1.29. The van der Waals surface area contributed by atoms with Crippen molar-refractivity contribution in [3.63, 3.8) is 0 Å². The highest BCUT2D eigenvalue weighted by atomic mass is 16.5. The number of carbonyl (C=O) groups excluding carboxylic acids is 1.